The van der Waals surface area contributed by atoms with Gasteiger partial charge in [0.05, 0.1) is 12.2 Å². The minimum Gasteiger partial charge on any atom is -0.491 e. The van der Waals surface area contributed by atoms with E-state index in [1.54, 1.807) is 6.07 Å². The number of hydrogen-bond donors (Lipinski definition) is 1. The van der Waals surface area contributed by atoms with E-state index >= 15 is 0 Å². The maximum absolute atomic E-state index is 11.9. The molecule has 2 aromatic rings. The minimum absolute atomic E-state index is 0.105. The first-order valence-corrected chi connectivity index (χ1v) is 8.13. The van der Waals surface area contributed by atoms with Gasteiger partial charge in [0, 0.05) is 11.5 Å². The van der Waals surface area contributed by atoms with E-state index in [0.29, 0.717) is 0 Å². The van der Waals surface area contributed by atoms with Crippen molar-refractivity contribution in [3.05, 3.63) is 57.5 Å². The average molecular weight is 330 g/mol. The Morgan fingerprint density at radius 2 is 1.92 bits per heavy atom. The van der Waals surface area contributed by atoms with Crippen molar-refractivity contribution in [3.8, 4) is 5.75 Å². The summed E-state index contributed by atoms with van der Waals surface area (Å²) in [6.45, 7) is 10.3. The highest BCUT2D eigenvalue weighted by molar-refractivity contribution is 5.35. The Bertz CT molecular complexity index is 760. The average Bonchev–Trinajstić information content (AvgIpc) is 2.47. The Hall–Kier alpha value is -2.14. The Morgan fingerprint density at radius 1 is 1.21 bits per heavy atom. The van der Waals surface area contributed by atoms with Crippen molar-refractivity contribution in [2.75, 3.05) is 6.61 Å². The van der Waals surface area contributed by atoms with Crippen molar-refractivity contribution in [3.63, 3.8) is 0 Å². The van der Waals surface area contributed by atoms with Crippen molar-refractivity contribution in [1.82, 2.24) is 9.78 Å². The highest BCUT2D eigenvalue weighted by Crippen LogP contribution is 2.19. The van der Waals surface area contributed by atoms with Crippen LogP contribution in [0.1, 0.15) is 37.6 Å². The van der Waals surface area contributed by atoms with Gasteiger partial charge in [0.1, 0.15) is 18.5 Å². The lowest BCUT2D eigenvalue weighted by Gasteiger charge is -2.19. The standard InChI is InChI=1S/C19H26N2O3/c1-13-6-7-16(14(2)10-13)24-12-15(22)11-21-18(23)9-8-17(20-21)19(3,4)5/h6-10,15,22H,11-12H2,1-5H3. The van der Waals surface area contributed by atoms with Gasteiger partial charge in [0.2, 0.25) is 0 Å². The maximum Gasteiger partial charge on any atom is 0.266 e. The second-order valence-electron chi connectivity index (χ2n) is 7.22. The van der Waals surface area contributed by atoms with Gasteiger partial charge in [0.15, 0.2) is 0 Å². The molecule has 0 aliphatic rings. The molecule has 1 aromatic carbocycles. The minimum atomic E-state index is -0.814. The van der Waals surface area contributed by atoms with E-state index in [2.05, 4.69) is 5.10 Å². The van der Waals surface area contributed by atoms with Crippen LogP contribution in [0.5, 0.6) is 5.75 Å². The van der Waals surface area contributed by atoms with E-state index in [9.17, 15) is 9.90 Å². The molecule has 0 aliphatic heterocycles. The monoisotopic (exact) mass is 330 g/mol. The van der Waals surface area contributed by atoms with Gasteiger partial charge in [-0.3, -0.25) is 4.79 Å². The molecule has 0 fully saturated rings. The molecule has 5 heteroatoms. The van der Waals surface area contributed by atoms with Gasteiger partial charge in [-0.05, 0) is 31.5 Å². The fourth-order valence-corrected chi connectivity index (χ4v) is 2.38. The topological polar surface area (TPSA) is 64.3 Å². The van der Waals surface area contributed by atoms with Crippen LogP contribution in [-0.4, -0.2) is 27.6 Å². The summed E-state index contributed by atoms with van der Waals surface area (Å²) in [4.78, 5) is 11.9. The maximum atomic E-state index is 11.9. The quantitative estimate of drug-likeness (QED) is 0.915. The molecule has 0 radical (unpaired) electrons. The van der Waals surface area contributed by atoms with Crippen LogP contribution in [0.15, 0.2) is 35.1 Å². The van der Waals surface area contributed by atoms with Crippen LogP contribution in [0.3, 0.4) is 0 Å². The fourth-order valence-electron chi connectivity index (χ4n) is 2.38. The lowest BCUT2D eigenvalue weighted by atomic mass is 9.92. The SMILES string of the molecule is Cc1ccc(OCC(O)Cn2nc(C(C)(C)C)ccc2=O)c(C)c1. The van der Waals surface area contributed by atoms with Crippen LogP contribution in [0.4, 0.5) is 0 Å². The molecular formula is C19H26N2O3. The van der Waals surface area contributed by atoms with E-state index in [1.165, 1.54) is 10.7 Å². The first-order chi connectivity index (χ1) is 11.2. The Morgan fingerprint density at radius 3 is 2.54 bits per heavy atom. The predicted molar refractivity (Wildman–Crippen MR) is 94.6 cm³/mol. The molecule has 1 aromatic heterocycles. The third-order valence-corrected chi connectivity index (χ3v) is 3.78. The molecule has 0 spiro atoms. The third-order valence-electron chi connectivity index (χ3n) is 3.78. The first-order valence-electron chi connectivity index (χ1n) is 8.13. The second kappa shape index (κ2) is 7.18. The fraction of sp³-hybridized carbons (Fsp3) is 0.474. The number of hydrogen-bond acceptors (Lipinski definition) is 4. The van der Waals surface area contributed by atoms with Gasteiger partial charge in [-0.15, -0.1) is 0 Å². The van der Waals surface area contributed by atoms with Crippen LogP contribution in [0.2, 0.25) is 0 Å². The number of aryl methyl sites for hydroxylation is 2. The number of aromatic nitrogens is 2. The van der Waals surface area contributed by atoms with Crippen LogP contribution in [0, 0.1) is 13.8 Å². The number of aliphatic hydroxyl groups is 1. The normalized spacial score (nSPS) is 12.9. The molecular weight excluding hydrogens is 304 g/mol. The van der Waals surface area contributed by atoms with Gasteiger partial charge in [-0.2, -0.15) is 5.10 Å². The summed E-state index contributed by atoms with van der Waals surface area (Å²) < 4.78 is 6.97. The number of ether oxygens (including phenoxy) is 1. The molecule has 5 nitrogen and oxygen atoms in total. The molecule has 1 N–H and O–H groups in total. The zero-order valence-corrected chi connectivity index (χ0v) is 15.0. The summed E-state index contributed by atoms with van der Waals surface area (Å²) in [6.07, 6.45) is -0.814. The summed E-state index contributed by atoms with van der Waals surface area (Å²) in [5.74, 6) is 0.739. The molecule has 0 saturated heterocycles. The summed E-state index contributed by atoms with van der Waals surface area (Å²) in [5.41, 5.74) is 2.61. The van der Waals surface area contributed by atoms with Gasteiger partial charge >= 0.3 is 0 Å². The van der Waals surface area contributed by atoms with Crippen molar-refractivity contribution < 1.29 is 9.84 Å². The first kappa shape index (κ1) is 18.2. The summed E-state index contributed by atoms with van der Waals surface area (Å²) in [5, 5.41) is 14.6. The van der Waals surface area contributed by atoms with Gasteiger partial charge in [0.25, 0.3) is 5.56 Å². The summed E-state index contributed by atoms with van der Waals surface area (Å²) in [6, 6.07) is 9.11. The Labute approximate surface area is 142 Å². The Balaban J connectivity index is 2.04. The van der Waals surface area contributed by atoms with Gasteiger partial charge in [-0.1, -0.05) is 38.5 Å². The lowest BCUT2D eigenvalue weighted by molar-refractivity contribution is 0.0872. The molecule has 130 valence electrons. The molecule has 0 bridgehead atoms. The predicted octanol–water partition coefficient (Wildman–Crippen LogP) is 2.60. The zero-order chi connectivity index (χ0) is 17.9. The highest BCUT2D eigenvalue weighted by Gasteiger charge is 2.17. The smallest absolute Gasteiger partial charge is 0.266 e. The van der Waals surface area contributed by atoms with E-state index in [4.69, 9.17) is 4.74 Å². The summed E-state index contributed by atoms with van der Waals surface area (Å²) in [7, 11) is 0. The van der Waals surface area contributed by atoms with Crippen LogP contribution in [0.25, 0.3) is 0 Å². The van der Waals surface area contributed by atoms with E-state index < -0.39 is 6.10 Å². The molecule has 2 rings (SSSR count). The highest BCUT2D eigenvalue weighted by atomic mass is 16.5. The molecule has 0 saturated carbocycles. The molecule has 0 amide bonds. The largest absolute Gasteiger partial charge is 0.491 e. The van der Waals surface area contributed by atoms with E-state index in [-0.39, 0.29) is 24.1 Å². The molecule has 1 atom stereocenters. The number of nitrogens with zero attached hydrogens (tertiary/aromatic N) is 2. The molecule has 1 unspecified atom stereocenters. The van der Waals surface area contributed by atoms with Gasteiger partial charge in [-0.25, -0.2) is 4.68 Å². The Kier molecular flexibility index (Phi) is 5.44. The van der Waals surface area contributed by atoms with Gasteiger partial charge < -0.3 is 9.84 Å². The van der Waals surface area contributed by atoms with E-state index in [1.807, 2.05) is 52.8 Å². The van der Waals surface area contributed by atoms with Crippen LogP contribution >= 0.6 is 0 Å². The zero-order valence-electron chi connectivity index (χ0n) is 15.0. The van der Waals surface area contributed by atoms with E-state index in [0.717, 1.165) is 22.6 Å². The second-order valence-corrected chi connectivity index (χ2v) is 7.22. The number of rotatable bonds is 5. The van der Waals surface area contributed by atoms with Crippen LogP contribution in [-0.2, 0) is 12.0 Å². The van der Waals surface area contributed by atoms with Crippen molar-refractivity contribution in [2.45, 2.75) is 52.7 Å². The third kappa shape index (κ3) is 4.68. The number of benzene rings is 1. The summed E-state index contributed by atoms with van der Waals surface area (Å²) >= 11 is 0. The molecule has 0 aliphatic carbocycles. The van der Waals surface area contributed by atoms with Crippen molar-refractivity contribution >= 4 is 0 Å². The molecule has 24 heavy (non-hydrogen) atoms. The molecule has 1 heterocycles. The lowest BCUT2D eigenvalue weighted by Crippen LogP contribution is -2.33. The van der Waals surface area contributed by atoms with Crippen molar-refractivity contribution in [1.29, 1.82) is 0 Å². The number of aliphatic hydroxyl groups excluding tert-OH is 1. The van der Waals surface area contributed by atoms with Crippen LogP contribution < -0.4 is 10.3 Å². The van der Waals surface area contributed by atoms with Crippen molar-refractivity contribution in [2.24, 2.45) is 0 Å².